The second kappa shape index (κ2) is 16.4. The Kier molecular flexibility index (Phi) is 11.1. The summed E-state index contributed by atoms with van der Waals surface area (Å²) >= 11 is 0. The fraction of sp³-hybridized carbons (Fsp3) is 0.250. The van der Waals surface area contributed by atoms with Crippen LogP contribution in [-0.4, -0.2) is 45.4 Å². The molecule has 9 nitrogen and oxygen atoms in total. The molecule has 6 rings (SSSR count). The van der Waals surface area contributed by atoms with Gasteiger partial charge in [0, 0.05) is 24.9 Å². The molecule has 0 bridgehead atoms. The van der Waals surface area contributed by atoms with Crippen molar-refractivity contribution in [3.63, 3.8) is 0 Å². The van der Waals surface area contributed by atoms with Crippen LogP contribution in [-0.2, 0) is 33.9 Å². The van der Waals surface area contributed by atoms with Crippen LogP contribution in [0.2, 0.25) is 0 Å². The average Bonchev–Trinajstić information content (AvgIpc) is 3.64. The number of imidazole rings is 1. The molecule has 0 spiro atoms. The fourth-order valence-electron chi connectivity index (χ4n) is 6.11. The molecule has 4 aromatic carbocycles. The molecule has 1 aliphatic rings. The normalized spacial score (nSPS) is 13.8. The van der Waals surface area contributed by atoms with Crippen LogP contribution in [0.25, 0.3) is 11.1 Å². The quantitative estimate of drug-likeness (QED) is 0.125. The third-order valence-corrected chi connectivity index (χ3v) is 8.96. The van der Waals surface area contributed by atoms with Crippen molar-refractivity contribution >= 4 is 17.9 Å². The van der Waals surface area contributed by atoms with Gasteiger partial charge in [-0.15, -0.1) is 0 Å². The molecule has 250 valence electrons. The second-order valence-electron chi connectivity index (χ2n) is 12.4. The van der Waals surface area contributed by atoms with Crippen LogP contribution < -0.4 is 10.6 Å². The van der Waals surface area contributed by atoms with Crippen LogP contribution in [0.15, 0.2) is 128 Å². The summed E-state index contributed by atoms with van der Waals surface area (Å²) in [5, 5.41) is 6.01. The molecule has 1 fully saturated rings. The first-order valence-electron chi connectivity index (χ1n) is 16.7. The molecule has 2 atom stereocenters. The van der Waals surface area contributed by atoms with Crippen LogP contribution >= 0.6 is 0 Å². The number of alkyl carbamates (subject to hydrolysis) is 1. The van der Waals surface area contributed by atoms with Gasteiger partial charge in [-0.1, -0.05) is 122 Å². The number of ether oxygens (including phenoxy) is 1. The molecule has 3 N–H and O–H groups in total. The lowest BCUT2D eigenvalue weighted by molar-refractivity contribution is -0.138. The second-order valence-corrected chi connectivity index (χ2v) is 12.4. The number of aromatic nitrogens is 2. The topological polar surface area (TPSA) is 116 Å². The van der Waals surface area contributed by atoms with E-state index in [1.54, 1.807) is 6.20 Å². The van der Waals surface area contributed by atoms with E-state index in [1.165, 1.54) is 11.2 Å². The third-order valence-electron chi connectivity index (χ3n) is 8.96. The molecule has 49 heavy (non-hydrogen) atoms. The van der Waals surface area contributed by atoms with E-state index < -0.39 is 18.0 Å². The van der Waals surface area contributed by atoms with Gasteiger partial charge in [-0.25, -0.2) is 9.78 Å². The molecule has 9 heteroatoms. The molecular weight excluding hydrogens is 614 g/mol. The summed E-state index contributed by atoms with van der Waals surface area (Å²) in [5.41, 5.74) is 5.52. The number of nitrogens with one attached hydrogen (secondary N) is 3. The van der Waals surface area contributed by atoms with Crippen molar-refractivity contribution in [1.29, 1.82) is 0 Å². The minimum absolute atomic E-state index is 0.0551. The van der Waals surface area contributed by atoms with Crippen LogP contribution in [0.1, 0.15) is 47.7 Å². The van der Waals surface area contributed by atoms with Gasteiger partial charge < -0.3 is 25.3 Å². The molecule has 1 aromatic heterocycles. The summed E-state index contributed by atoms with van der Waals surface area (Å²) in [6.07, 6.45) is 5.75. The third kappa shape index (κ3) is 9.22. The summed E-state index contributed by atoms with van der Waals surface area (Å²) in [5.74, 6) is -0.328. The van der Waals surface area contributed by atoms with Gasteiger partial charge in [0.15, 0.2) is 0 Å². The maximum absolute atomic E-state index is 14.4. The first-order chi connectivity index (χ1) is 24.0. The maximum Gasteiger partial charge on any atom is 0.408 e. The molecule has 0 radical (unpaired) electrons. The number of carbonyl (C=O) groups is 3. The highest BCUT2D eigenvalue weighted by Crippen LogP contribution is 2.37. The number of hydrogen-bond donors (Lipinski definition) is 3. The molecule has 0 saturated heterocycles. The van der Waals surface area contributed by atoms with Gasteiger partial charge in [0.05, 0.1) is 18.9 Å². The summed E-state index contributed by atoms with van der Waals surface area (Å²) in [6.45, 7) is 0.0378. The summed E-state index contributed by atoms with van der Waals surface area (Å²) in [7, 11) is 0. The number of hydrogen-bond acceptors (Lipinski definition) is 5. The number of amides is 3. The largest absolute Gasteiger partial charge is 0.445 e. The van der Waals surface area contributed by atoms with Gasteiger partial charge in [-0.2, -0.15) is 0 Å². The number of benzene rings is 4. The van der Waals surface area contributed by atoms with Gasteiger partial charge >= 0.3 is 6.09 Å². The van der Waals surface area contributed by atoms with Crippen molar-refractivity contribution in [3.8, 4) is 11.1 Å². The molecule has 0 aliphatic heterocycles. The smallest absolute Gasteiger partial charge is 0.408 e. The van der Waals surface area contributed by atoms with Crippen molar-refractivity contribution in [2.45, 2.75) is 50.9 Å². The highest BCUT2D eigenvalue weighted by Gasteiger charge is 2.32. The zero-order chi connectivity index (χ0) is 33.8. The van der Waals surface area contributed by atoms with E-state index in [9.17, 15) is 14.4 Å². The Labute approximate surface area is 286 Å². The molecule has 1 heterocycles. The van der Waals surface area contributed by atoms with E-state index in [0.29, 0.717) is 11.6 Å². The number of rotatable bonds is 14. The van der Waals surface area contributed by atoms with Crippen molar-refractivity contribution in [1.82, 2.24) is 25.5 Å². The van der Waals surface area contributed by atoms with E-state index in [2.05, 4.69) is 20.6 Å². The number of nitrogens with zero attached hydrogens (tertiary/aromatic N) is 2. The summed E-state index contributed by atoms with van der Waals surface area (Å²) in [6, 6.07) is 36.2. The van der Waals surface area contributed by atoms with Crippen molar-refractivity contribution < 1.29 is 19.1 Å². The average molecular weight is 656 g/mol. The summed E-state index contributed by atoms with van der Waals surface area (Å²) in [4.78, 5) is 49.9. The monoisotopic (exact) mass is 655 g/mol. The number of aromatic amines is 1. The Morgan fingerprint density at radius 3 is 2.08 bits per heavy atom. The first kappa shape index (κ1) is 33.2. The highest BCUT2D eigenvalue weighted by molar-refractivity contribution is 5.90. The molecule has 5 aromatic rings. The molecule has 1 aliphatic carbocycles. The Morgan fingerprint density at radius 2 is 1.45 bits per heavy atom. The van der Waals surface area contributed by atoms with Crippen LogP contribution in [0, 0.1) is 5.92 Å². The molecule has 1 saturated carbocycles. The Morgan fingerprint density at radius 1 is 0.796 bits per heavy atom. The summed E-state index contributed by atoms with van der Waals surface area (Å²) < 4.78 is 5.48. The standard InChI is InChI=1S/C40H41N5O4/c46-37(44-38(34-17-10-18-34)33-15-8-3-9-16-33)26-45(25-29-19-21-32(22-20-29)31-13-6-2-7-14-31)39(47)36(23-35-24-41-28-42-35)43-40(48)49-27-30-11-4-1-5-12-30/h1-9,11-16,19-22,24,28,34,36,38H,10,17-18,23,25-27H2,(H,41,42)(H,43,48)(H,44,46). The predicted octanol–water partition coefficient (Wildman–Crippen LogP) is 6.60. The highest BCUT2D eigenvalue weighted by atomic mass is 16.5. The first-order valence-corrected chi connectivity index (χ1v) is 16.7. The Bertz CT molecular complexity index is 1780. The lowest BCUT2D eigenvalue weighted by Gasteiger charge is -2.35. The predicted molar refractivity (Wildman–Crippen MR) is 188 cm³/mol. The fourth-order valence-corrected chi connectivity index (χ4v) is 6.11. The number of carbonyl (C=O) groups excluding carboxylic acids is 3. The van der Waals surface area contributed by atoms with Crippen molar-refractivity contribution in [2.75, 3.05) is 6.54 Å². The lowest BCUT2D eigenvalue weighted by Crippen LogP contribution is -2.52. The van der Waals surface area contributed by atoms with Gasteiger partial charge in [0.25, 0.3) is 0 Å². The molecule has 2 unspecified atom stereocenters. The zero-order valence-corrected chi connectivity index (χ0v) is 27.3. The zero-order valence-electron chi connectivity index (χ0n) is 27.3. The molecular formula is C40H41N5O4. The van der Waals surface area contributed by atoms with Gasteiger partial charge in [-0.3, -0.25) is 9.59 Å². The maximum atomic E-state index is 14.4. The van der Waals surface area contributed by atoms with E-state index in [1.807, 2.05) is 115 Å². The van der Waals surface area contributed by atoms with E-state index >= 15 is 0 Å². The van der Waals surface area contributed by atoms with E-state index in [4.69, 9.17) is 4.74 Å². The Hall–Kier alpha value is -5.70. The van der Waals surface area contributed by atoms with Gasteiger partial charge in [0.1, 0.15) is 12.6 Å². The van der Waals surface area contributed by atoms with Crippen LogP contribution in [0.5, 0.6) is 0 Å². The SMILES string of the molecule is O=C(CN(Cc1ccc(-c2ccccc2)cc1)C(=O)C(Cc1cnc[nH]1)NC(=O)OCc1ccccc1)NC(c1ccccc1)C1CCC1. The number of H-pyrrole nitrogens is 1. The Balaban J connectivity index is 1.23. The van der Waals surface area contributed by atoms with Crippen molar-refractivity contribution in [3.05, 3.63) is 150 Å². The van der Waals surface area contributed by atoms with Crippen molar-refractivity contribution in [2.24, 2.45) is 5.92 Å². The van der Waals surface area contributed by atoms with Crippen LogP contribution in [0.4, 0.5) is 4.79 Å². The van der Waals surface area contributed by atoms with E-state index in [0.717, 1.165) is 47.1 Å². The lowest BCUT2D eigenvalue weighted by atomic mass is 9.77. The van der Waals surface area contributed by atoms with E-state index in [-0.39, 0.29) is 38.1 Å². The van der Waals surface area contributed by atoms with Crippen LogP contribution in [0.3, 0.4) is 0 Å². The molecule has 3 amide bonds. The minimum atomic E-state index is -1.02. The van der Waals surface area contributed by atoms with Gasteiger partial charge in [0.2, 0.25) is 11.8 Å². The van der Waals surface area contributed by atoms with Gasteiger partial charge in [-0.05, 0) is 46.6 Å². The minimum Gasteiger partial charge on any atom is -0.445 e.